The highest BCUT2D eigenvalue weighted by atomic mass is 15.1. The van der Waals surface area contributed by atoms with E-state index in [1.54, 1.807) is 0 Å². The summed E-state index contributed by atoms with van der Waals surface area (Å²) < 4.78 is 2.30. The Kier molecular flexibility index (Phi) is 2.41. The summed E-state index contributed by atoms with van der Waals surface area (Å²) in [5.74, 6) is 2.47. The van der Waals surface area contributed by atoms with E-state index in [9.17, 15) is 0 Å². The minimum atomic E-state index is 0.585. The molecule has 0 aliphatic heterocycles. The van der Waals surface area contributed by atoms with Crippen LogP contribution < -0.4 is 0 Å². The Bertz CT molecular complexity index is 626. The van der Waals surface area contributed by atoms with Gasteiger partial charge in [-0.1, -0.05) is 6.92 Å². The molecule has 0 spiro atoms. The minimum Gasteiger partial charge on any atom is -0.312 e. The normalized spacial score (nSPS) is 27.3. The van der Waals surface area contributed by atoms with E-state index in [4.69, 9.17) is 4.98 Å². The van der Waals surface area contributed by atoms with Crippen LogP contribution in [0.15, 0.2) is 6.33 Å². The van der Waals surface area contributed by atoms with E-state index < -0.39 is 0 Å². The highest BCUT2D eigenvalue weighted by Gasteiger charge is 2.29. The number of nitrogens with zero attached hydrogens (tertiary/aromatic N) is 4. The van der Waals surface area contributed by atoms with Gasteiger partial charge in [0, 0.05) is 12.0 Å². The number of rotatable bonds is 2. The van der Waals surface area contributed by atoms with Crippen LogP contribution in [0.5, 0.6) is 0 Å². The van der Waals surface area contributed by atoms with Crippen LogP contribution in [0.1, 0.15) is 62.5 Å². The van der Waals surface area contributed by atoms with Gasteiger partial charge in [0.05, 0.1) is 12.0 Å². The standard InChI is InChI=1S/C15H20N4/c1-9-3-6-12(7-9)19-8-16-13-10(2)17-14(11-4-5-11)18-15(13)19/h8-9,11-12H,3-7H2,1-2H3. The first-order valence-corrected chi connectivity index (χ1v) is 7.43. The van der Waals surface area contributed by atoms with Crippen molar-refractivity contribution in [2.24, 2.45) is 5.92 Å². The van der Waals surface area contributed by atoms with Gasteiger partial charge in [-0.3, -0.25) is 0 Å². The Hall–Kier alpha value is -1.45. The third-order valence-corrected chi connectivity index (χ3v) is 4.62. The SMILES string of the molecule is Cc1nc(C2CC2)nc2c1ncn2C1CCC(C)C1. The van der Waals surface area contributed by atoms with E-state index >= 15 is 0 Å². The van der Waals surface area contributed by atoms with Gasteiger partial charge >= 0.3 is 0 Å². The van der Waals surface area contributed by atoms with Crippen molar-refractivity contribution in [1.29, 1.82) is 0 Å². The Morgan fingerprint density at radius 2 is 2.00 bits per heavy atom. The van der Waals surface area contributed by atoms with Crippen molar-refractivity contribution in [2.45, 2.75) is 57.9 Å². The van der Waals surface area contributed by atoms with E-state index in [1.165, 1.54) is 32.1 Å². The summed E-state index contributed by atoms with van der Waals surface area (Å²) in [4.78, 5) is 14.0. The first-order valence-electron chi connectivity index (χ1n) is 7.43. The fraction of sp³-hybridized carbons (Fsp3) is 0.667. The molecule has 0 amide bonds. The maximum Gasteiger partial charge on any atom is 0.164 e. The molecule has 0 N–H and O–H groups in total. The van der Waals surface area contributed by atoms with Gasteiger partial charge in [-0.2, -0.15) is 0 Å². The first-order chi connectivity index (χ1) is 9.22. The molecule has 2 atom stereocenters. The van der Waals surface area contributed by atoms with Crippen LogP contribution in [0, 0.1) is 12.8 Å². The maximum atomic E-state index is 4.82. The number of hydrogen-bond donors (Lipinski definition) is 0. The zero-order valence-corrected chi connectivity index (χ0v) is 11.6. The number of aromatic nitrogens is 4. The Labute approximate surface area is 113 Å². The molecular formula is C15H20N4. The smallest absolute Gasteiger partial charge is 0.164 e. The van der Waals surface area contributed by atoms with Crippen molar-refractivity contribution in [2.75, 3.05) is 0 Å². The Morgan fingerprint density at radius 3 is 2.68 bits per heavy atom. The van der Waals surface area contributed by atoms with E-state index in [1.807, 2.05) is 6.33 Å². The van der Waals surface area contributed by atoms with Crippen molar-refractivity contribution in [3.8, 4) is 0 Å². The van der Waals surface area contributed by atoms with Crippen molar-refractivity contribution >= 4 is 11.2 Å². The third-order valence-electron chi connectivity index (χ3n) is 4.62. The molecule has 100 valence electrons. The summed E-state index contributed by atoms with van der Waals surface area (Å²) in [6, 6.07) is 0.585. The molecule has 4 heteroatoms. The molecule has 0 bridgehead atoms. The summed E-state index contributed by atoms with van der Waals surface area (Å²) in [6.45, 7) is 4.40. The monoisotopic (exact) mass is 256 g/mol. The van der Waals surface area contributed by atoms with Gasteiger partial charge in [-0.25, -0.2) is 15.0 Å². The molecule has 19 heavy (non-hydrogen) atoms. The average molecular weight is 256 g/mol. The van der Waals surface area contributed by atoms with E-state index in [0.29, 0.717) is 12.0 Å². The fourth-order valence-electron chi connectivity index (χ4n) is 3.30. The molecule has 2 aliphatic rings. The van der Waals surface area contributed by atoms with Gasteiger partial charge in [0.2, 0.25) is 0 Å². The molecule has 0 aromatic carbocycles. The third kappa shape index (κ3) is 1.85. The van der Waals surface area contributed by atoms with Crippen LogP contribution in [0.3, 0.4) is 0 Å². The molecule has 2 unspecified atom stereocenters. The summed E-state index contributed by atoms with van der Waals surface area (Å²) in [5, 5.41) is 0. The summed E-state index contributed by atoms with van der Waals surface area (Å²) in [6.07, 6.45) is 8.32. The quantitative estimate of drug-likeness (QED) is 0.827. The highest BCUT2D eigenvalue weighted by Crippen LogP contribution is 2.40. The van der Waals surface area contributed by atoms with Crippen molar-refractivity contribution < 1.29 is 0 Å². The highest BCUT2D eigenvalue weighted by molar-refractivity contribution is 5.73. The Balaban J connectivity index is 1.82. The maximum absolute atomic E-state index is 4.82. The van der Waals surface area contributed by atoms with Gasteiger partial charge in [0.1, 0.15) is 11.3 Å². The largest absolute Gasteiger partial charge is 0.312 e. The molecule has 2 aromatic rings. The van der Waals surface area contributed by atoms with Gasteiger partial charge < -0.3 is 4.57 Å². The molecule has 4 nitrogen and oxygen atoms in total. The van der Waals surface area contributed by atoms with E-state index in [-0.39, 0.29) is 0 Å². The topological polar surface area (TPSA) is 43.6 Å². The van der Waals surface area contributed by atoms with E-state index in [0.717, 1.165) is 28.6 Å². The molecule has 2 fully saturated rings. The fourth-order valence-corrected chi connectivity index (χ4v) is 3.30. The second-order valence-electron chi connectivity index (χ2n) is 6.34. The van der Waals surface area contributed by atoms with Crippen molar-refractivity contribution in [3.05, 3.63) is 17.8 Å². The van der Waals surface area contributed by atoms with Crippen molar-refractivity contribution in [1.82, 2.24) is 19.5 Å². The average Bonchev–Trinajstić information content (AvgIpc) is 3.02. The number of fused-ring (bicyclic) bond motifs is 1. The molecule has 0 radical (unpaired) electrons. The second-order valence-corrected chi connectivity index (χ2v) is 6.34. The van der Waals surface area contributed by atoms with Crippen LogP contribution >= 0.6 is 0 Å². The molecule has 2 aliphatic carbocycles. The molecular weight excluding hydrogens is 236 g/mol. The lowest BCUT2D eigenvalue weighted by Gasteiger charge is -2.12. The minimum absolute atomic E-state index is 0.585. The molecule has 2 aromatic heterocycles. The molecule has 2 heterocycles. The number of aryl methyl sites for hydroxylation is 1. The van der Waals surface area contributed by atoms with Gasteiger partial charge in [0.15, 0.2) is 5.65 Å². The zero-order valence-electron chi connectivity index (χ0n) is 11.6. The van der Waals surface area contributed by atoms with Crippen LogP contribution in [0.25, 0.3) is 11.2 Å². The van der Waals surface area contributed by atoms with E-state index in [2.05, 4.69) is 28.4 Å². The summed E-state index contributed by atoms with van der Waals surface area (Å²) in [7, 11) is 0. The Morgan fingerprint density at radius 1 is 1.16 bits per heavy atom. The first kappa shape index (κ1) is 11.4. The second kappa shape index (κ2) is 4.02. The zero-order chi connectivity index (χ0) is 13.0. The molecule has 0 saturated heterocycles. The molecule has 2 saturated carbocycles. The molecule has 4 rings (SSSR count). The predicted octanol–water partition coefficient (Wildman–Crippen LogP) is 3.37. The lowest BCUT2D eigenvalue weighted by Crippen LogP contribution is -2.06. The number of imidazole rings is 1. The van der Waals surface area contributed by atoms with Gasteiger partial charge in [-0.15, -0.1) is 0 Å². The predicted molar refractivity (Wildman–Crippen MR) is 74.1 cm³/mol. The van der Waals surface area contributed by atoms with Crippen LogP contribution in [0.4, 0.5) is 0 Å². The lowest BCUT2D eigenvalue weighted by atomic mass is 10.1. The number of hydrogen-bond acceptors (Lipinski definition) is 3. The lowest BCUT2D eigenvalue weighted by molar-refractivity contribution is 0.501. The van der Waals surface area contributed by atoms with Crippen LogP contribution in [0.2, 0.25) is 0 Å². The van der Waals surface area contributed by atoms with Crippen LogP contribution in [-0.2, 0) is 0 Å². The van der Waals surface area contributed by atoms with Crippen LogP contribution in [-0.4, -0.2) is 19.5 Å². The van der Waals surface area contributed by atoms with Gasteiger partial charge in [0.25, 0.3) is 0 Å². The summed E-state index contributed by atoms with van der Waals surface area (Å²) >= 11 is 0. The van der Waals surface area contributed by atoms with Crippen molar-refractivity contribution in [3.63, 3.8) is 0 Å². The van der Waals surface area contributed by atoms with Gasteiger partial charge in [-0.05, 0) is 44.9 Å². The summed E-state index contributed by atoms with van der Waals surface area (Å²) in [5.41, 5.74) is 3.09.